The molecule has 29 heteroatoms. The van der Waals surface area contributed by atoms with E-state index in [1.165, 1.54) is 22.0 Å². The molecule has 0 aliphatic carbocycles. The van der Waals surface area contributed by atoms with Gasteiger partial charge in [0.05, 0.1) is 50.4 Å². The lowest BCUT2D eigenvalue weighted by Gasteiger charge is -2.45. The van der Waals surface area contributed by atoms with Crippen LogP contribution in [-0.4, -0.2) is 167 Å². The van der Waals surface area contributed by atoms with Gasteiger partial charge in [0.15, 0.2) is 67.2 Å². The van der Waals surface area contributed by atoms with Gasteiger partial charge in [0.25, 0.3) is 20.3 Å². The molecule has 1 unspecified atom stereocenters. The van der Waals surface area contributed by atoms with Gasteiger partial charge in [-0.15, -0.1) is 10.2 Å². The van der Waals surface area contributed by atoms with Crippen LogP contribution in [0.5, 0.6) is 0 Å². The second-order valence-electron chi connectivity index (χ2n) is 22.1. The second kappa shape index (κ2) is 33.3. The number of amides is 2. The molecule has 0 saturated carbocycles. The summed E-state index contributed by atoms with van der Waals surface area (Å²) in [6, 6.07) is 23.3. The summed E-state index contributed by atoms with van der Waals surface area (Å²) in [4.78, 5) is 41.6. The second-order valence-corrected chi connectivity index (χ2v) is 25.2. The first-order valence-corrected chi connectivity index (χ1v) is 31.6. The third-order valence-corrected chi connectivity index (χ3v) is 18.9. The number of nitrogens with one attached hydrogen (secondary N) is 2. The molecule has 2 aromatic carbocycles. The predicted molar refractivity (Wildman–Crippen MR) is 327 cm³/mol. The van der Waals surface area contributed by atoms with Gasteiger partial charge >= 0.3 is 0 Å². The van der Waals surface area contributed by atoms with E-state index in [4.69, 9.17) is 33.6 Å². The van der Waals surface area contributed by atoms with E-state index in [-0.39, 0.29) is 70.9 Å². The summed E-state index contributed by atoms with van der Waals surface area (Å²) >= 11 is 0. The Balaban J connectivity index is 0.000000223. The molecule has 2 saturated heterocycles. The maximum atomic E-state index is 16.2. The fourth-order valence-electron chi connectivity index (χ4n) is 9.98. The number of nitrogens with zero attached hydrogens (tertiary/aromatic N) is 15. The number of aliphatic hydroxyl groups is 1. The van der Waals surface area contributed by atoms with Crippen LogP contribution in [0.3, 0.4) is 0 Å². The first-order chi connectivity index (χ1) is 41.6. The minimum Gasteiger partial charge on any atom is -0.387 e. The van der Waals surface area contributed by atoms with Gasteiger partial charge in [-0.25, -0.2) is 42.7 Å². The van der Waals surface area contributed by atoms with Crippen LogP contribution in [0.15, 0.2) is 73.3 Å². The van der Waals surface area contributed by atoms with Gasteiger partial charge in [-0.05, 0) is 120 Å². The molecule has 2 aliphatic rings. The summed E-state index contributed by atoms with van der Waals surface area (Å²) in [5.74, 6) is -0.440. The third-order valence-electron chi connectivity index (χ3n) is 13.7. The van der Waals surface area contributed by atoms with E-state index in [2.05, 4.69) is 128 Å². The van der Waals surface area contributed by atoms with Crippen LogP contribution in [0.4, 0.5) is 20.4 Å². The number of halogens is 2. The summed E-state index contributed by atoms with van der Waals surface area (Å²) in [5.41, 5.74) is 1.71. The molecular weight excluding hydrogens is 1160 g/mol. The Morgan fingerprint density at radius 3 is 1.41 bits per heavy atom. The minimum absolute atomic E-state index is 0.0601. The van der Waals surface area contributed by atoms with Crippen LogP contribution >= 0.6 is 17.0 Å². The number of benzene rings is 2. The maximum Gasteiger partial charge on any atom is 0.259 e. The lowest BCUT2D eigenvalue weighted by molar-refractivity contribution is -0.0307. The highest BCUT2D eigenvalue weighted by molar-refractivity contribution is 7.47. The van der Waals surface area contributed by atoms with Crippen molar-refractivity contribution in [2.24, 2.45) is 0 Å². The van der Waals surface area contributed by atoms with Crippen LogP contribution in [0, 0.1) is 22.7 Å². The Morgan fingerprint density at radius 1 is 0.621 bits per heavy atom. The molecule has 472 valence electrons. The van der Waals surface area contributed by atoms with Gasteiger partial charge in [0, 0.05) is 47.4 Å². The normalized spacial score (nSPS) is 20.7. The Bertz CT molecular complexity index is 3150. The molecule has 25 nitrogen and oxygen atoms in total. The van der Waals surface area contributed by atoms with Crippen molar-refractivity contribution in [1.82, 2.24) is 63.9 Å². The van der Waals surface area contributed by atoms with Gasteiger partial charge in [0.2, 0.25) is 0 Å². The van der Waals surface area contributed by atoms with Crippen molar-refractivity contribution < 1.29 is 46.5 Å². The Kier molecular flexibility index (Phi) is 26.7. The van der Waals surface area contributed by atoms with Crippen LogP contribution in [-0.2, 0) is 23.0 Å². The van der Waals surface area contributed by atoms with Crippen LogP contribution < -0.4 is 10.6 Å². The van der Waals surface area contributed by atoms with Crippen molar-refractivity contribution in [3.8, 4) is 12.1 Å². The summed E-state index contributed by atoms with van der Waals surface area (Å²) in [6.45, 7) is 30.1. The van der Waals surface area contributed by atoms with E-state index >= 15 is 4.39 Å². The summed E-state index contributed by atoms with van der Waals surface area (Å²) in [7, 11) is -2.53. The number of aromatic nitrogens is 10. The first-order valence-electron chi connectivity index (χ1n) is 29.3. The number of carbonyl (C=O) groups excluding carboxylic acids is 2. The van der Waals surface area contributed by atoms with Gasteiger partial charge in [-0.1, -0.05) is 60.7 Å². The number of hydrogen-bond acceptors (Lipinski definition) is 21. The highest BCUT2D eigenvalue weighted by Gasteiger charge is 2.50. The Labute approximate surface area is 510 Å². The number of anilines is 2. The number of carbonyl (C=O) groups is 2. The lowest BCUT2D eigenvalue weighted by Crippen LogP contribution is -2.43. The van der Waals surface area contributed by atoms with Crippen molar-refractivity contribution in [2.45, 2.75) is 208 Å². The van der Waals surface area contributed by atoms with Gasteiger partial charge in [0.1, 0.15) is 24.9 Å². The van der Waals surface area contributed by atoms with Crippen molar-refractivity contribution in [3.05, 3.63) is 84.4 Å². The minimum atomic E-state index is -1.69. The first kappa shape index (κ1) is 69.8. The topological polar surface area (TPSA) is 295 Å². The van der Waals surface area contributed by atoms with E-state index in [9.17, 15) is 19.1 Å². The predicted octanol–water partition coefficient (Wildman–Crippen LogP) is 10.6. The zero-order chi connectivity index (χ0) is 63.6. The number of ether oxygens (including phenoxy) is 2. The number of alkyl halides is 2. The largest absolute Gasteiger partial charge is 0.387 e. The molecule has 0 spiro atoms. The Morgan fingerprint density at radius 2 is 1.02 bits per heavy atom. The smallest absolute Gasteiger partial charge is 0.259 e. The molecule has 0 radical (unpaired) electrons. The number of rotatable bonds is 25. The van der Waals surface area contributed by atoms with E-state index in [1.807, 2.05) is 45.4 Å². The van der Waals surface area contributed by atoms with Crippen LogP contribution in [0.25, 0.3) is 22.3 Å². The molecular formula is C58H83F2N17O8P2. The van der Waals surface area contributed by atoms with E-state index < -0.39 is 66.2 Å². The molecule has 6 aromatic rings. The number of hydrogen-bond donors (Lipinski definition) is 3. The number of fused-ring (bicyclic) bond motifs is 2. The highest BCUT2D eigenvalue weighted by Crippen LogP contribution is 2.52. The van der Waals surface area contributed by atoms with Crippen LogP contribution in [0.1, 0.15) is 156 Å². The van der Waals surface area contributed by atoms with Crippen molar-refractivity contribution >= 4 is 62.8 Å². The third kappa shape index (κ3) is 17.5. The standard InChI is InChI=1S/C26H34FN8O4P.C17H17FN6O3.C15H32N3OP/c1-6-19-22(39-40(37-14-10-13-28)35(16(2)3)17(4)5)20(27)26(38-19)34-24-21(32-33-34)23(29-15-30-24)31-25(36)18-11-8-7-9-12-18;1-2-10-13(25)11(18)17(27-10)24-15-12(22-23-24)14(19-8-20-15)21-16(26)9-6-4-3-5-7-9;1-12(2)17(13(3)4)20(19-11-9-10-16)18(14(5)6)15(7)8/h7-9,11-12,15-17,19-20,22,26H,6,10,14H2,1-5H3,(H,29,30,31,36);3-8,10-11,13,17,25H,2H2,1H3,(H,19,20,21,26);12-15H,9,11H2,1-8H3/t19-,20+,22-,26-,40?;10-,11+,13-,17-;/m11./s1. The molecule has 6 heterocycles. The van der Waals surface area contributed by atoms with Gasteiger partial charge in [-0.3, -0.25) is 9.59 Å². The molecule has 4 aromatic heterocycles. The van der Waals surface area contributed by atoms with Gasteiger partial charge < -0.3 is 38.8 Å². The molecule has 9 atom stereocenters. The van der Waals surface area contributed by atoms with Crippen molar-refractivity contribution in [2.75, 3.05) is 23.8 Å². The molecule has 0 bridgehead atoms. The van der Waals surface area contributed by atoms with Crippen LogP contribution in [0.2, 0.25) is 0 Å². The summed E-state index contributed by atoms with van der Waals surface area (Å²) < 4.78 is 70.1. The highest BCUT2D eigenvalue weighted by atomic mass is 31.2. The Hall–Kier alpha value is -6.32. The molecule has 87 heavy (non-hydrogen) atoms. The number of nitriles is 2. The van der Waals surface area contributed by atoms with E-state index in [0.29, 0.717) is 61.2 Å². The monoisotopic (exact) mass is 1250 g/mol. The molecule has 3 N–H and O–H groups in total. The maximum absolute atomic E-state index is 16.2. The zero-order valence-corrected chi connectivity index (χ0v) is 53.7. The quantitative estimate of drug-likeness (QED) is 0.0354. The zero-order valence-electron chi connectivity index (χ0n) is 51.9. The van der Waals surface area contributed by atoms with E-state index in [1.54, 1.807) is 61.5 Å². The SMILES string of the molecule is CC(C)N(C(C)C)P(OCCC#N)N(C(C)C)C(C)C.CC[C@H]1O[C@@H](n2nnc3c(NC(=O)c4ccccc4)ncnc32)[C@@H](F)[C@@H]1O.CC[C@H]1O[C@@H](n2nnc3c(NC(=O)c4ccccc4)ncnc32)[C@@H](F)[C@@H]1OP(OCCC#N)N(C(C)C)C(C)C. The summed E-state index contributed by atoms with van der Waals surface area (Å²) in [6.07, 6.45) is -5.00. The number of aliphatic hydroxyl groups excluding tert-OH is 1. The molecule has 2 fully saturated rings. The fraction of sp³-hybridized carbons (Fsp3) is 0.586. The molecule has 2 amide bonds. The lowest BCUT2D eigenvalue weighted by atomic mass is 10.1. The van der Waals surface area contributed by atoms with Crippen molar-refractivity contribution in [1.29, 1.82) is 10.5 Å². The fourth-order valence-corrected chi connectivity index (χ4v) is 14.1. The molecule has 2 aliphatic heterocycles. The average molecular weight is 1250 g/mol. The van der Waals surface area contributed by atoms with Crippen molar-refractivity contribution in [3.63, 3.8) is 0 Å². The van der Waals surface area contributed by atoms with E-state index in [0.717, 1.165) is 0 Å². The summed E-state index contributed by atoms with van der Waals surface area (Å²) in [5, 5.41) is 49.2. The van der Waals surface area contributed by atoms with Gasteiger partial charge in [-0.2, -0.15) is 19.9 Å². The molecule has 8 rings (SSSR count). The average Bonchev–Trinajstić information content (AvgIpc) is 2.61.